The van der Waals surface area contributed by atoms with Crippen LogP contribution in [0.1, 0.15) is 64.7 Å². The van der Waals surface area contributed by atoms with Gasteiger partial charge in [0.15, 0.2) is 5.78 Å². The summed E-state index contributed by atoms with van der Waals surface area (Å²) in [5.74, 6) is -2.58. The van der Waals surface area contributed by atoms with E-state index in [1.165, 1.54) is 18.3 Å². The Hall–Kier alpha value is -3.96. The Kier molecular flexibility index (Phi) is 13.6. The maximum Gasteiger partial charge on any atom is 0.437 e. The number of ether oxygens (including phenoxy) is 3. The molecule has 1 aromatic rings. The van der Waals surface area contributed by atoms with Gasteiger partial charge in [-0.1, -0.05) is 0 Å². The molecule has 0 aliphatic heterocycles. The van der Waals surface area contributed by atoms with Gasteiger partial charge in [-0.25, -0.2) is 9.59 Å². The van der Waals surface area contributed by atoms with Gasteiger partial charge in [-0.15, -0.1) is 4.99 Å². The SMILES string of the molecule is CC(C)(C)OC(=O)/N=C(/NCCC[C@H](NC(=O)c1cccnc1)C(=O)COC(C(F)(F)F)C(F)(F)F)NC(=O)OC(C)(C)C. The number of carbonyl (C=O) groups is 4. The molecule has 248 valence electrons. The summed E-state index contributed by atoms with van der Waals surface area (Å²) in [5, 5.41) is 7.06. The number of aromatic nitrogens is 1. The molecule has 3 N–H and O–H groups in total. The Balaban J connectivity index is 3.05. The number of guanidine groups is 1. The minimum Gasteiger partial charge on any atom is -0.444 e. The first-order valence-corrected chi connectivity index (χ1v) is 13.0. The van der Waals surface area contributed by atoms with Gasteiger partial charge >= 0.3 is 24.5 Å². The molecule has 1 atom stereocenters. The van der Waals surface area contributed by atoms with Crippen LogP contribution >= 0.6 is 0 Å². The first kappa shape index (κ1) is 38.1. The van der Waals surface area contributed by atoms with Gasteiger partial charge in [0.05, 0.1) is 11.6 Å². The lowest BCUT2D eigenvalue weighted by Crippen LogP contribution is -2.48. The number of nitrogens with zero attached hydrogens (tertiary/aromatic N) is 2. The summed E-state index contributed by atoms with van der Waals surface area (Å²) >= 11 is 0. The molecule has 0 bridgehead atoms. The van der Waals surface area contributed by atoms with Crippen LogP contribution in [0.25, 0.3) is 0 Å². The predicted octanol–water partition coefficient (Wildman–Crippen LogP) is 4.44. The number of carbonyl (C=O) groups excluding carboxylic acids is 4. The summed E-state index contributed by atoms with van der Waals surface area (Å²) in [7, 11) is 0. The van der Waals surface area contributed by atoms with Gasteiger partial charge in [-0.05, 0) is 66.5 Å². The third kappa shape index (κ3) is 15.5. The van der Waals surface area contributed by atoms with E-state index in [4.69, 9.17) is 9.47 Å². The van der Waals surface area contributed by atoms with E-state index in [2.05, 4.69) is 30.7 Å². The zero-order chi connectivity index (χ0) is 33.9. The maximum absolute atomic E-state index is 12.9. The fourth-order valence-corrected chi connectivity index (χ4v) is 3.09. The molecule has 44 heavy (non-hydrogen) atoms. The van der Waals surface area contributed by atoms with E-state index in [1.54, 1.807) is 41.5 Å². The third-order valence-corrected chi connectivity index (χ3v) is 4.78. The Morgan fingerprint density at radius 2 is 1.52 bits per heavy atom. The average molecular weight is 644 g/mol. The second-order valence-corrected chi connectivity index (χ2v) is 11.1. The lowest BCUT2D eigenvalue weighted by atomic mass is 10.1. The highest BCUT2D eigenvalue weighted by molar-refractivity contribution is 5.99. The molecule has 0 saturated heterocycles. The van der Waals surface area contributed by atoms with Crippen LogP contribution in [0.3, 0.4) is 0 Å². The number of alkyl halides is 6. The minimum atomic E-state index is -5.85. The number of halogens is 6. The van der Waals surface area contributed by atoms with Crippen molar-refractivity contribution in [3.8, 4) is 0 Å². The van der Waals surface area contributed by atoms with Gasteiger partial charge in [-0.3, -0.25) is 19.9 Å². The predicted molar refractivity (Wildman–Crippen MR) is 143 cm³/mol. The summed E-state index contributed by atoms with van der Waals surface area (Å²) < 4.78 is 91.3. The number of pyridine rings is 1. The molecule has 0 aliphatic carbocycles. The van der Waals surface area contributed by atoms with Crippen LogP contribution in [0, 0.1) is 0 Å². The summed E-state index contributed by atoms with van der Waals surface area (Å²) in [6, 6.07) is 1.10. The standard InChI is InChI=1S/C26H35F6N5O7/c1-23(2,3)43-21(40)36-20(37-22(41)44-24(4,5)6)34-12-8-10-16(35-18(39)15-9-7-11-33-13-15)17(38)14-42-19(25(27,28)29)26(30,31)32/h7,9,11,13,16,19H,8,10,12,14H2,1-6H3,(H,35,39)(H2,34,36,37,40,41)/t16-/m0/s1. The van der Waals surface area contributed by atoms with E-state index in [0.29, 0.717) is 0 Å². The number of rotatable bonds is 10. The molecule has 0 aromatic carbocycles. The summed E-state index contributed by atoms with van der Waals surface area (Å²) in [4.78, 5) is 57.0. The van der Waals surface area contributed by atoms with Gasteiger partial charge < -0.3 is 24.8 Å². The van der Waals surface area contributed by atoms with Crippen LogP contribution in [0.2, 0.25) is 0 Å². The van der Waals surface area contributed by atoms with Crippen LogP contribution in [-0.2, 0) is 19.0 Å². The van der Waals surface area contributed by atoms with Crippen LogP contribution in [-0.4, -0.2) is 83.7 Å². The fraction of sp³-hybridized carbons (Fsp3) is 0.615. The molecular weight excluding hydrogens is 608 g/mol. The zero-order valence-corrected chi connectivity index (χ0v) is 24.8. The van der Waals surface area contributed by atoms with Gasteiger partial charge in [0.1, 0.15) is 17.8 Å². The van der Waals surface area contributed by atoms with Crippen molar-refractivity contribution in [1.29, 1.82) is 0 Å². The van der Waals surface area contributed by atoms with Gasteiger partial charge in [0.2, 0.25) is 12.1 Å². The van der Waals surface area contributed by atoms with Gasteiger partial charge in [0.25, 0.3) is 5.91 Å². The lowest BCUT2D eigenvalue weighted by Gasteiger charge is -2.24. The van der Waals surface area contributed by atoms with Crippen molar-refractivity contribution in [2.45, 2.75) is 90.1 Å². The van der Waals surface area contributed by atoms with Crippen molar-refractivity contribution in [1.82, 2.24) is 20.9 Å². The van der Waals surface area contributed by atoms with Crippen LogP contribution in [0.5, 0.6) is 0 Å². The van der Waals surface area contributed by atoms with E-state index >= 15 is 0 Å². The molecule has 12 nitrogen and oxygen atoms in total. The number of ketones is 1. The highest BCUT2D eigenvalue weighted by Gasteiger charge is 2.58. The first-order valence-electron chi connectivity index (χ1n) is 13.0. The highest BCUT2D eigenvalue weighted by Crippen LogP contribution is 2.35. The molecule has 0 radical (unpaired) electrons. The fourth-order valence-electron chi connectivity index (χ4n) is 3.09. The molecule has 0 saturated carbocycles. The van der Waals surface area contributed by atoms with Crippen molar-refractivity contribution >= 4 is 29.8 Å². The summed E-state index contributed by atoms with van der Waals surface area (Å²) in [5.41, 5.74) is -1.89. The van der Waals surface area contributed by atoms with Gasteiger partial charge in [0, 0.05) is 18.9 Å². The molecule has 0 spiro atoms. The number of aliphatic imine (C=N–C) groups is 1. The van der Waals surface area contributed by atoms with Crippen molar-refractivity contribution in [2.75, 3.05) is 13.2 Å². The molecular formula is C26H35F6N5O7. The smallest absolute Gasteiger partial charge is 0.437 e. The van der Waals surface area contributed by atoms with E-state index in [-0.39, 0.29) is 24.9 Å². The van der Waals surface area contributed by atoms with Gasteiger partial charge in [-0.2, -0.15) is 26.3 Å². The Bertz CT molecular complexity index is 1150. The molecule has 0 unspecified atom stereocenters. The third-order valence-electron chi connectivity index (χ3n) is 4.78. The molecule has 18 heteroatoms. The van der Waals surface area contributed by atoms with Crippen molar-refractivity contribution < 1.29 is 59.7 Å². The van der Waals surface area contributed by atoms with Crippen LogP contribution in [0.15, 0.2) is 29.5 Å². The van der Waals surface area contributed by atoms with E-state index in [1.807, 2.05) is 0 Å². The molecule has 1 heterocycles. The van der Waals surface area contributed by atoms with Crippen molar-refractivity contribution in [3.63, 3.8) is 0 Å². The summed E-state index contributed by atoms with van der Waals surface area (Å²) in [6.45, 7) is 7.66. The lowest BCUT2D eigenvalue weighted by molar-refractivity contribution is -0.319. The number of hydrogen-bond acceptors (Lipinski definition) is 8. The molecule has 0 fully saturated rings. The Labute approximate surface area is 249 Å². The molecule has 3 amide bonds. The number of hydrogen-bond donors (Lipinski definition) is 3. The van der Waals surface area contributed by atoms with E-state index in [0.717, 1.165) is 6.20 Å². The first-order chi connectivity index (χ1) is 20.0. The number of Topliss-reactive ketones (excluding diaryl/α,β-unsaturated/α-hetero) is 1. The maximum atomic E-state index is 12.9. The topological polar surface area (TPSA) is 157 Å². The Morgan fingerprint density at radius 1 is 0.932 bits per heavy atom. The number of amides is 3. The number of nitrogens with one attached hydrogen (secondary N) is 3. The van der Waals surface area contributed by atoms with Crippen LogP contribution < -0.4 is 16.0 Å². The highest BCUT2D eigenvalue weighted by atomic mass is 19.4. The quantitative estimate of drug-likeness (QED) is 0.145. The monoisotopic (exact) mass is 643 g/mol. The molecule has 1 rings (SSSR count). The van der Waals surface area contributed by atoms with E-state index < -0.39 is 72.1 Å². The normalized spacial score (nSPS) is 13.6. The second kappa shape index (κ2) is 15.7. The molecule has 1 aromatic heterocycles. The van der Waals surface area contributed by atoms with E-state index in [9.17, 15) is 45.5 Å². The molecule has 0 aliphatic rings. The van der Waals surface area contributed by atoms with Crippen LogP contribution in [0.4, 0.5) is 35.9 Å². The largest absolute Gasteiger partial charge is 0.444 e. The zero-order valence-electron chi connectivity index (χ0n) is 24.8. The Morgan fingerprint density at radius 3 is 2.02 bits per heavy atom. The number of alkyl carbamates (subject to hydrolysis) is 1. The average Bonchev–Trinajstić information content (AvgIpc) is 2.82. The second-order valence-electron chi connectivity index (χ2n) is 11.1. The van der Waals surface area contributed by atoms with Crippen molar-refractivity contribution in [2.24, 2.45) is 4.99 Å². The van der Waals surface area contributed by atoms with Crippen molar-refractivity contribution in [3.05, 3.63) is 30.1 Å². The summed E-state index contributed by atoms with van der Waals surface area (Å²) in [6.07, 6.45) is -15.9. The minimum absolute atomic E-state index is 0.0406.